The molecule has 0 saturated carbocycles. The van der Waals surface area contributed by atoms with E-state index in [9.17, 15) is 13.8 Å². The van der Waals surface area contributed by atoms with E-state index in [1.165, 1.54) is 6.08 Å². The highest BCUT2D eigenvalue weighted by atomic mass is 32.2. The van der Waals surface area contributed by atoms with Crippen LogP contribution in [-0.2, 0) is 25.1 Å². The predicted molar refractivity (Wildman–Crippen MR) is 83.3 cm³/mol. The zero-order valence-electron chi connectivity index (χ0n) is 12.6. The molecule has 0 unspecified atom stereocenters. The van der Waals surface area contributed by atoms with Gasteiger partial charge in [0.1, 0.15) is 0 Å². The molecular formula is C15H25NO4S. The smallest absolute Gasteiger partial charge is 0.330 e. The normalized spacial score (nSPS) is 15.7. The van der Waals surface area contributed by atoms with Crippen molar-refractivity contribution in [3.63, 3.8) is 0 Å². The summed E-state index contributed by atoms with van der Waals surface area (Å²) in [6, 6.07) is 0. The fourth-order valence-corrected chi connectivity index (χ4v) is 3.24. The van der Waals surface area contributed by atoms with Crippen LogP contribution in [-0.4, -0.2) is 52.2 Å². The highest BCUT2D eigenvalue weighted by Crippen LogP contribution is 2.09. The Labute approximate surface area is 129 Å². The van der Waals surface area contributed by atoms with Crippen LogP contribution >= 0.6 is 0 Å². The molecule has 0 aromatic rings. The summed E-state index contributed by atoms with van der Waals surface area (Å²) >= 11 is 0. The highest BCUT2D eigenvalue weighted by Gasteiger charge is 2.19. The van der Waals surface area contributed by atoms with Crippen LogP contribution in [0, 0.1) is 0 Å². The van der Waals surface area contributed by atoms with E-state index in [4.69, 9.17) is 4.74 Å². The first-order valence-electron chi connectivity index (χ1n) is 7.55. The third kappa shape index (κ3) is 7.99. The fraction of sp³-hybridized carbons (Fsp3) is 0.733. The molecule has 0 atom stereocenters. The number of unbranched alkanes of at least 4 members (excludes halogenated alkanes) is 4. The summed E-state index contributed by atoms with van der Waals surface area (Å²) < 4.78 is 16.1. The first-order valence-corrected chi connectivity index (χ1v) is 9.04. The number of ether oxygens (including phenoxy) is 1. The number of esters is 1. The Morgan fingerprint density at radius 2 is 1.71 bits per heavy atom. The Bertz CT molecular complexity index is 374. The summed E-state index contributed by atoms with van der Waals surface area (Å²) in [5.41, 5.74) is 0. The molecule has 0 bridgehead atoms. The third-order valence-electron chi connectivity index (χ3n) is 3.48. The molecule has 0 aliphatic carbocycles. The van der Waals surface area contributed by atoms with Crippen LogP contribution in [0.1, 0.15) is 38.5 Å². The van der Waals surface area contributed by atoms with Gasteiger partial charge < -0.3 is 9.64 Å². The molecule has 1 rings (SSSR count). The number of hydrogen-bond acceptors (Lipinski definition) is 4. The minimum absolute atomic E-state index is 0.187. The Morgan fingerprint density at radius 3 is 2.38 bits per heavy atom. The molecule has 0 aromatic carbocycles. The van der Waals surface area contributed by atoms with E-state index in [0.717, 1.165) is 32.1 Å². The topological polar surface area (TPSA) is 63.7 Å². The van der Waals surface area contributed by atoms with E-state index in [0.29, 0.717) is 37.6 Å². The average molecular weight is 315 g/mol. The van der Waals surface area contributed by atoms with Gasteiger partial charge in [-0.15, -0.1) is 0 Å². The second-order valence-corrected chi connectivity index (χ2v) is 6.81. The lowest BCUT2D eigenvalue weighted by molar-refractivity contribution is -0.138. The van der Waals surface area contributed by atoms with Crippen molar-refractivity contribution in [1.82, 2.24) is 4.90 Å². The van der Waals surface area contributed by atoms with Crippen LogP contribution in [0.5, 0.6) is 0 Å². The maximum Gasteiger partial charge on any atom is 0.330 e. The van der Waals surface area contributed by atoms with E-state index in [-0.39, 0.29) is 11.9 Å². The number of hydrogen-bond donors (Lipinski definition) is 0. The zero-order valence-corrected chi connectivity index (χ0v) is 13.4. The Morgan fingerprint density at radius 1 is 1.10 bits per heavy atom. The molecule has 120 valence electrons. The van der Waals surface area contributed by atoms with Gasteiger partial charge in [-0.25, -0.2) is 4.79 Å². The van der Waals surface area contributed by atoms with Gasteiger partial charge in [0.2, 0.25) is 5.91 Å². The van der Waals surface area contributed by atoms with Crippen LogP contribution in [0.4, 0.5) is 0 Å². The van der Waals surface area contributed by atoms with E-state index in [1.807, 2.05) is 4.90 Å². The van der Waals surface area contributed by atoms with Crippen molar-refractivity contribution < 1.29 is 18.5 Å². The number of carbonyl (C=O) groups is 2. The van der Waals surface area contributed by atoms with E-state index < -0.39 is 10.8 Å². The zero-order chi connectivity index (χ0) is 15.5. The average Bonchev–Trinajstić information content (AvgIpc) is 2.50. The maximum absolute atomic E-state index is 11.9. The molecule has 1 aliphatic heterocycles. The second kappa shape index (κ2) is 10.5. The molecule has 0 N–H and O–H groups in total. The van der Waals surface area contributed by atoms with Gasteiger partial charge in [-0.1, -0.05) is 25.8 Å². The van der Waals surface area contributed by atoms with E-state index in [1.54, 1.807) is 0 Å². The third-order valence-corrected chi connectivity index (χ3v) is 4.75. The van der Waals surface area contributed by atoms with Gasteiger partial charge in [0.05, 0.1) is 6.61 Å². The Hall–Kier alpha value is -1.17. The molecule has 6 heteroatoms. The minimum atomic E-state index is -0.730. The molecule has 1 saturated heterocycles. The largest absolute Gasteiger partial charge is 0.463 e. The summed E-state index contributed by atoms with van der Waals surface area (Å²) in [7, 11) is -0.730. The monoisotopic (exact) mass is 315 g/mol. The molecule has 0 aromatic heterocycles. The van der Waals surface area contributed by atoms with Gasteiger partial charge in [0.15, 0.2) is 0 Å². The van der Waals surface area contributed by atoms with Gasteiger partial charge >= 0.3 is 5.97 Å². The second-order valence-electron chi connectivity index (χ2n) is 5.12. The maximum atomic E-state index is 11.9. The molecule has 5 nitrogen and oxygen atoms in total. The van der Waals surface area contributed by atoms with Crippen LogP contribution < -0.4 is 0 Å². The van der Waals surface area contributed by atoms with Gasteiger partial charge in [-0.3, -0.25) is 9.00 Å². The molecule has 21 heavy (non-hydrogen) atoms. The molecule has 0 spiro atoms. The quantitative estimate of drug-likeness (QED) is 0.369. The molecule has 0 radical (unpaired) electrons. The van der Waals surface area contributed by atoms with Crippen LogP contribution in [0.3, 0.4) is 0 Å². The first-order chi connectivity index (χ1) is 10.1. The summed E-state index contributed by atoms with van der Waals surface area (Å²) in [6.07, 6.45) is 6.56. The number of nitrogens with zero attached hydrogens (tertiary/aromatic N) is 1. The van der Waals surface area contributed by atoms with Gasteiger partial charge in [-0.05, 0) is 12.8 Å². The van der Waals surface area contributed by atoms with Crippen molar-refractivity contribution in [1.29, 1.82) is 0 Å². The van der Waals surface area contributed by atoms with Crippen molar-refractivity contribution in [2.45, 2.75) is 38.5 Å². The van der Waals surface area contributed by atoms with Gasteiger partial charge in [0, 0.05) is 47.9 Å². The number of rotatable bonds is 9. The highest BCUT2D eigenvalue weighted by molar-refractivity contribution is 7.85. The summed E-state index contributed by atoms with van der Waals surface area (Å²) in [4.78, 5) is 24.5. The SMILES string of the molecule is C=CC(=O)OCCCCCCCC(=O)N1CCS(=O)CC1. The molecule has 1 amide bonds. The Balaban J connectivity index is 1.94. The number of amides is 1. The lowest BCUT2D eigenvalue weighted by Gasteiger charge is -2.26. The summed E-state index contributed by atoms with van der Waals surface area (Å²) in [5.74, 6) is 1.05. The fourth-order valence-electron chi connectivity index (χ4n) is 2.19. The molecule has 1 fully saturated rings. The van der Waals surface area contributed by atoms with Crippen molar-refractivity contribution >= 4 is 22.7 Å². The Kier molecular flexibility index (Phi) is 8.98. The summed E-state index contributed by atoms with van der Waals surface area (Å²) in [6.45, 7) is 5.05. The molecular weight excluding hydrogens is 290 g/mol. The van der Waals surface area contributed by atoms with Crippen molar-refractivity contribution in [2.24, 2.45) is 0 Å². The lowest BCUT2D eigenvalue weighted by atomic mass is 10.1. The van der Waals surface area contributed by atoms with Crippen molar-refractivity contribution in [2.75, 3.05) is 31.2 Å². The van der Waals surface area contributed by atoms with E-state index >= 15 is 0 Å². The predicted octanol–water partition coefficient (Wildman–Crippen LogP) is 1.65. The first kappa shape index (κ1) is 17.9. The van der Waals surface area contributed by atoms with Crippen LogP contribution in [0.2, 0.25) is 0 Å². The van der Waals surface area contributed by atoms with Gasteiger partial charge in [0.25, 0.3) is 0 Å². The molecule has 1 aliphatic rings. The lowest BCUT2D eigenvalue weighted by Crippen LogP contribution is -2.41. The molecule has 1 heterocycles. The van der Waals surface area contributed by atoms with Gasteiger partial charge in [-0.2, -0.15) is 0 Å². The summed E-state index contributed by atoms with van der Waals surface area (Å²) in [5, 5.41) is 0. The van der Waals surface area contributed by atoms with E-state index in [2.05, 4.69) is 6.58 Å². The number of carbonyl (C=O) groups excluding carboxylic acids is 2. The van der Waals surface area contributed by atoms with Crippen LogP contribution in [0.15, 0.2) is 12.7 Å². The van der Waals surface area contributed by atoms with Crippen molar-refractivity contribution in [3.05, 3.63) is 12.7 Å². The standard InChI is InChI=1S/C15H25NO4S/c1-2-15(18)20-11-7-5-3-4-6-8-14(17)16-9-12-21(19)13-10-16/h2H,1,3-13H2. The van der Waals surface area contributed by atoms with Crippen molar-refractivity contribution in [3.8, 4) is 0 Å². The van der Waals surface area contributed by atoms with Crippen LogP contribution in [0.25, 0.3) is 0 Å². The minimum Gasteiger partial charge on any atom is -0.463 e.